The molecule has 0 spiro atoms. The standard InChI is InChI=1S/C10H12N2O3/c1-12-9(14-2)6-7(11-12)10(13)8-4-3-5-15-8/h4,6H,3,5H2,1-2H3. The molecule has 0 bridgehead atoms. The zero-order chi connectivity index (χ0) is 10.8. The van der Waals surface area contributed by atoms with Gasteiger partial charge < -0.3 is 9.47 Å². The van der Waals surface area contributed by atoms with Crippen molar-refractivity contribution in [2.45, 2.75) is 6.42 Å². The summed E-state index contributed by atoms with van der Waals surface area (Å²) in [6.45, 7) is 0.574. The van der Waals surface area contributed by atoms with E-state index in [0.717, 1.165) is 6.42 Å². The summed E-state index contributed by atoms with van der Waals surface area (Å²) in [6.07, 6.45) is 2.56. The molecular weight excluding hydrogens is 196 g/mol. The van der Waals surface area contributed by atoms with Gasteiger partial charge >= 0.3 is 0 Å². The van der Waals surface area contributed by atoms with Crippen molar-refractivity contribution in [2.24, 2.45) is 7.05 Å². The molecule has 1 aromatic heterocycles. The monoisotopic (exact) mass is 208 g/mol. The summed E-state index contributed by atoms with van der Waals surface area (Å²) < 4.78 is 11.7. The number of methoxy groups -OCH3 is 1. The van der Waals surface area contributed by atoms with E-state index in [1.165, 1.54) is 11.8 Å². The number of aromatic nitrogens is 2. The van der Waals surface area contributed by atoms with Gasteiger partial charge in [0.2, 0.25) is 11.7 Å². The second-order valence-corrected chi connectivity index (χ2v) is 3.23. The van der Waals surface area contributed by atoms with E-state index in [9.17, 15) is 4.79 Å². The fraction of sp³-hybridized carbons (Fsp3) is 0.400. The molecule has 0 N–H and O–H groups in total. The maximum atomic E-state index is 11.8. The average Bonchev–Trinajstić information content (AvgIpc) is 2.85. The van der Waals surface area contributed by atoms with Gasteiger partial charge in [0.1, 0.15) is 5.69 Å². The maximum absolute atomic E-state index is 11.8. The number of ether oxygens (including phenoxy) is 2. The van der Waals surface area contributed by atoms with Crippen LogP contribution in [-0.4, -0.2) is 29.3 Å². The van der Waals surface area contributed by atoms with Crippen LogP contribution in [0.4, 0.5) is 0 Å². The second-order valence-electron chi connectivity index (χ2n) is 3.23. The first-order valence-corrected chi connectivity index (χ1v) is 4.68. The fourth-order valence-corrected chi connectivity index (χ4v) is 1.45. The summed E-state index contributed by atoms with van der Waals surface area (Å²) in [5, 5.41) is 4.05. The molecule has 0 aliphatic carbocycles. The predicted octanol–water partition coefficient (Wildman–Crippen LogP) is 0.916. The van der Waals surface area contributed by atoms with E-state index >= 15 is 0 Å². The topological polar surface area (TPSA) is 53.4 Å². The number of rotatable bonds is 3. The molecular formula is C10H12N2O3. The highest BCUT2D eigenvalue weighted by Gasteiger charge is 2.20. The van der Waals surface area contributed by atoms with Crippen LogP contribution in [-0.2, 0) is 11.8 Å². The molecule has 1 aliphatic rings. The Balaban J connectivity index is 2.25. The van der Waals surface area contributed by atoms with Crippen LogP contribution in [0.3, 0.4) is 0 Å². The van der Waals surface area contributed by atoms with Crippen molar-refractivity contribution in [3.05, 3.63) is 23.6 Å². The lowest BCUT2D eigenvalue weighted by atomic mass is 10.2. The van der Waals surface area contributed by atoms with Crippen LogP contribution in [0.5, 0.6) is 5.88 Å². The summed E-state index contributed by atoms with van der Waals surface area (Å²) in [4.78, 5) is 11.8. The summed E-state index contributed by atoms with van der Waals surface area (Å²) in [5.74, 6) is 0.749. The first-order valence-electron chi connectivity index (χ1n) is 4.68. The molecule has 0 amide bonds. The molecule has 80 valence electrons. The van der Waals surface area contributed by atoms with Crippen molar-refractivity contribution in [3.8, 4) is 5.88 Å². The number of nitrogens with zero attached hydrogens (tertiary/aromatic N) is 2. The molecule has 0 aromatic carbocycles. The van der Waals surface area contributed by atoms with Crippen LogP contribution in [0.15, 0.2) is 17.9 Å². The quantitative estimate of drug-likeness (QED) is 0.693. The summed E-state index contributed by atoms with van der Waals surface area (Å²) >= 11 is 0. The normalized spacial score (nSPS) is 14.7. The molecule has 0 atom stereocenters. The average molecular weight is 208 g/mol. The van der Waals surface area contributed by atoms with Crippen molar-refractivity contribution < 1.29 is 14.3 Å². The van der Waals surface area contributed by atoms with Crippen LogP contribution in [0.2, 0.25) is 0 Å². The molecule has 0 saturated carbocycles. The van der Waals surface area contributed by atoms with Gasteiger partial charge in [-0.25, -0.2) is 4.68 Å². The smallest absolute Gasteiger partial charge is 0.247 e. The van der Waals surface area contributed by atoms with Crippen LogP contribution < -0.4 is 4.74 Å². The lowest BCUT2D eigenvalue weighted by Crippen LogP contribution is -2.05. The third-order valence-corrected chi connectivity index (χ3v) is 2.21. The predicted molar refractivity (Wildman–Crippen MR) is 52.7 cm³/mol. The summed E-state index contributed by atoms with van der Waals surface area (Å²) in [7, 11) is 3.26. The molecule has 5 heteroatoms. The van der Waals surface area contributed by atoms with E-state index in [0.29, 0.717) is 23.9 Å². The first kappa shape index (κ1) is 9.76. The SMILES string of the molecule is COc1cc(C(=O)C2=CCCO2)nn1C. The molecule has 0 fully saturated rings. The Kier molecular flexibility index (Phi) is 2.45. The Morgan fingerprint density at radius 2 is 2.47 bits per heavy atom. The first-order chi connectivity index (χ1) is 7.22. The fourth-order valence-electron chi connectivity index (χ4n) is 1.45. The Hall–Kier alpha value is -1.78. The maximum Gasteiger partial charge on any atom is 0.247 e. The lowest BCUT2D eigenvalue weighted by molar-refractivity contribution is 0.0937. The Morgan fingerprint density at radius 1 is 1.67 bits per heavy atom. The van der Waals surface area contributed by atoms with Gasteiger partial charge in [0.25, 0.3) is 0 Å². The van der Waals surface area contributed by atoms with Gasteiger partial charge in [0.05, 0.1) is 13.7 Å². The number of allylic oxidation sites excluding steroid dienone is 1. The van der Waals surface area contributed by atoms with Crippen molar-refractivity contribution >= 4 is 5.78 Å². The minimum Gasteiger partial charge on any atom is -0.489 e. The highest BCUT2D eigenvalue weighted by atomic mass is 16.5. The van der Waals surface area contributed by atoms with Gasteiger partial charge in [-0.3, -0.25) is 4.79 Å². The highest BCUT2D eigenvalue weighted by molar-refractivity contribution is 6.06. The zero-order valence-corrected chi connectivity index (χ0v) is 8.69. The van der Waals surface area contributed by atoms with Crippen molar-refractivity contribution in [1.29, 1.82) is 0 Å². The van der Waals surface area contributed by atoms with Gasteiger partial charge in [-0.2, -0.15) is 5.10 Å². The number of ketones is 1. The third-order valence-electron chi connectivity index (χ3n) is 2.21. The van der Waals surface area contributed by atoms with Crippen molar-refractivity contribution in [2.75, 3.05) is 13.7 Å². The van der Waals surface area contributed by atoms with Gasteiger partial charge in [-0.1, -0.05) is 0 Å². The number of hydrogen-bond donors (Lipinski definition) is 0. The number of Topliss-reactive ketones (excluding diaryl/α,β-unsaturated/α-hetero) is 1. The van der Waals surface area contributed by atoms with Crippen molar-refractivity contribution in [1.82, 2.24) is 9.78 Å². The lowest BCUT2D eigenvalue weighted by Gasteiger charge is -1.98. The van der Waals surface area contributed by atoms with E-state index in [1.54, 1.807) is 19.2 Å². The Bertz CT molecular complexity index is 420. The molecule has 2 rings (SSSR count). The molecule has 1 aliphatic heterocycles. The Morgan fingerprint density at radius 3 is 3.00 bits per heavy atom. The number of carbonyl (C=O) groups excluding carboxylic acids is 1. The molecule has 0 saturated heterocycles. The number of carbonyl (C=O) groups is 1. The van der Waals surface area contributed by atoms with Gasteiger partial charge in [0, 0.05) is 19.5 Å². The molecule has 0 unspecified atom stereocenters. The highest BCUT2D eigenvalue weighted by Crippen LogP contribution is 2.18. The van der Waals surface area contributed by atoms with Crippen LogP contribution >= 0.6 is 0 Å². The third kappa shape index (κ3) is 1.72. The van der Waals surface area contributed by atoms with E-state index in [2.05, 4.69) is 5.10 Å². The van der Waals surface area contributed by atoms with Gasteiger partial charge in [-0.05, 0) is 6.08 Å². The zero-order valence-electron chi connectivity index (χ0n) is 8.69. The number of aryl methyl sites for hydroxylation is 1. The minimum atomic E-state index is -0.189. The van der Waals surface area contributed by atoms with Gasteiger partial charge in [0.15, 0.2) is 5.76 Å². The molecule has 2 heterocycles. The molecule has 0 radical (unpaired) electrons. The van der Waals surface area contributed by atoms with E-state index < -0.39 is 0 Å². The molecule has 5 nitrogen and oxygen atoms in total. The van der Waals surface area contributed by atoms with E-state index in [4.69, 9.17) is 9.47 Å². The largest absolute Gasteiger partial charge is 0.489 e. The summed E-state index contributed by atoms with van der Waals surface area (Å²) in [5.41, 5.74) is 0.350. The van der Waals surface area contributed by atoms with Crippen LogP contribution in [0.1, 0.15) is 16.9 Å². The number of hydrogen-bond acceptors (Lipinski definition) is 4. The van der Waals surface area contributed by atoms with Crippen LogP contribution in [0.25, 0.3) is 0 Å². The van der Waals surface area contributed by atoms with Crippen molar-refractivity contribution in [3.63, 3.8) is 0 Å². The Labute approximate surface area is 87.3 Å². The van der Waals surface area contributed by atoms with Crippen LogP contribution in [0, 0.1) is 0 Å². The second kappa shape index (κ2) is 3.76. The van der Waals surface area contributed by atoms with E-state index in [-0.39, 0.29) is 5.78 Å². The summed E-state index contributed by atoms with van der Waals surface area (Å²) in [6, 6.07) is 1.60. The molecule has 1 aromatic rings. The van der Waals surface area contributed by atoms with E-state index in [1.807, 2.05) is 0 Å². The van der Waals surface area contributed by atoms with Gasteiger partial charge in [-0.15, -0.1) is 0 Å². The minimum absolute atomic E-state index is 0.189. The molecule has 15 heavy (non-hydrogen) atoms.